The molecule has 2 amide bonds. The van der Waals surface area contributed by atoms with Crippen LogP contribution in [0.4, 0.5) is 4.79 Å². The first kappa shape index (κ1) is 15.7. The number of hydrogen-bond acceptors (Lipinski definition) is 4. The van der Waals surface area contributed by atoms with Crippen LogP contribution in [-0.2, 0) is 14.6 Å². The maximum absolute atomic E-state index is 11.8. The van der Waals surface area contributed by atoms with Crippen LogP contribution in [0.3, 0.4) is 0 Å². The van der Waals surface area contributed by atoms with Gasteiger partial charge in [-0.1, -0.05) is 0 Å². The molecule has 1 rings (SSSR count). The van der Waals surface area contributed by atoms with Crippen LogP contribution in [0.1, 0.15) is 25.7 Å². The molecule has 1 atom stereocenters. The lowest BCUT2D eigenvalue weighted by Crippen LogP contribution is -2.48. The smallest absolute Gasteiger partial charge is 0.317 e. The first-order valence-corrected chi connectivity index (χ1v) is 8.06. The second kappa shape index (κ2) is 6.74. The van der Waals surface area contributed by atoms with E-state index in [1.165, 1.54) is 4.90 Å². The Balaban J connectivity index is 2.35. The van der Waals surface area contributed by atoms with Crippen molar-refractivity contribution in [3.05, 3.63) is 0 Å². The highest BCUT2D eigenvalue weighted by Gasteiger charge is 2.26. The van der Waals surface area contributed by atoms with E-state index in [0.717, 1.165) is 0 Å². The number of urea groups is 1. The highest BCUT2D eigenvalue weighted by atomic mass is 32.2. The Kier molecular flexibility index (Phi) is 5.59. The standard InChI is InChI=1S/C11H20N2O5S/c1-13(6-2-5-10(14)15)11(16)12-9-4-3-7-19(17,18)8-9/h9H,2-8H2,1H3,(H,12,16)(H,14,15). The Morgan fingerprint density at radius 2 is 2.11 bits per heavy atom. The molecule has 7 nitrogen and oxygen atoms in total. The van der Waals surface area contributed by atoms with Gasteiger partial charge in [0.1, 0.15) is 0 Å². The van der Waals surface area contributed by atoms with Crippen LogP contribution in [0.2, 0.25) is 0 Å². The maximum atomic E-state index is 11.8. The van der Waals surface area contributed by atoms with E-state index in [0.29, 0.717) is 25.8 Å². The minimum absolute atomic E-state index is 0.00935. The van der Waals surface area contributed by atoms with E-state index in [1.54, 1.807) is 7.05 Å². The van der Waals surface area contributed by atoms with Crippen LogP contribution >= 0.6 is 0 Å². The summed E-state index contributed by atoms with van der Waals surface area (Å²) in [5.74, 6) is -0.720. The molecule has 110 valence electrons. The van der Waals surface area contributed by atoms with Crippen molar-refractivity contribution in [3.63, 3.8) is 0 Å². The first-order chi connectivity index (χ1) is 8.80. The van der Waals surface area contributed by atoms with Crippen molar-refractivity contribution < 1.29 is 23.1 Å². The van der Waals surface area contributed by atoms with Gasteiger partial charge >= 0.3 is 12.0 Å². The fourth-order valence-corrected chi connectivity index (χ4v) is 3.63. The molecule has 0 aromatic rings. The van der Waals surface area contributed by atoms with E-state index < -0.39 is 15.8 Å². The van der Waals surface area contributed by atoms with E-state index in [2.05, 4.69) is 5.32 Å². The number of aliphatic carboxylic acids is 1. The number of amides is 2. The number of hydrogen-bond donors (Lipinski definition) is 2. The summed E-state index contributed by atoms with van der Waals surface area (Å²) in [6.45, 7) is 0.331. The monoisotopic (exact) mass is 292 g/mol. The first-order valence-electron chi connectivity index (χ1n) is 6.24. The van der Waals surface area contributed by atoms with Crippen molar-refractivity contribution in [1.82, 2.24) is 10.2 Å². The third-order valence-electron chi connectivity index (χ3n) is 3.02. The molecule has 8 heteroatoms. The summed E-state index contributed by atoms with van der Waals surface area (Å²) in [5.41, 5.74) is 0. The molecule has 0 bridgehead atoms. The number of nitrogens with zero attached hydrogens (tertiary/aromatic N) is 1. The molecule has 0 aliphatic carbocycles. The summed E-state index contributed by atoms with van der Waals surface area (Å²) in [4.78, 5) is 23.5. The average molecular weight is 292 g/mol. The molecule has 1 heterocycles. The average Bonchev–Trinajstić information content (AvgIpc) is 2.26. The summed E-state index contributed by atoms with van der Waals surface area (Å²) >= 11 is 0. The van der Waals surface area contributed by atoms with E-state index in [-0.39, 0.29) is 30.0 Å². The molecule has 1 unspecified atom stereocenters. The van der Waals surface area contributed by atoms with Crippen LogP contribution in [0.15, 0.2) is 0 Å². The molecule has 19 heavy (non-hydrogen) atoms. The van der Waals surface area contributed by atoms with Gasteiger partial charge in [-0.15, -0.1) is 0 Å². The largest absolute Gasteiger partial charge is 0.481 e. The normalized spacial score (nSPS) is 21.6. The lowest BCUT2D eigenvalue weighted by atomic mass is 10.2. The zero-order chi connectivity index (χ0) is 14.5. The fourth-order valence-electron chi connectivity index (χ4n) is 1.99. The minimum Gasteiger partial charge on any atom is -0.481 e. The summed E-state index contributed by atoms with van der Waals surface area (Å²) < 4.78 is 22.9. The SMILES string of the molecule is CN(CCCC(=O)O)C(=O)NC1CCCS(=O)(=O)C1. The molecule has 0 radical (unpaired) electrons. The Morgan fingerprint density at radius 1 is 1.42 bits per heavy atom. The molecular formula is C11H20N2O5S. The van der Waals surface area contributed by atoms with Gasteiger partial charge in [0.2, 0.25) is 0 Å². The van der Waals surface area contributed by atoms with E-state index in [9.17, 15) is 18.0 Å². The maximum Gasteiger partial charge on any atom is 0.317 e. The summed E-state index contributed by atoms with van der Waals surface area (Å²) in [6.07, 6.45) is 1.61. The third-order valence-corrected chi connectivity index (χ3v) is 4.84. The van der Waals surface area contributed by atoms with Crippen LogP contribution in [0.25, 0.3) is 0 Å². The van der Waals surface area contributed by atoms with Gasteiger partial charge in [-0.25, -0.2) is 13.2 Å². The number of carboxylic acid groups (broad SMARTS) is 1. The van der Waals surface area contributed by atoms with E-state index >= 15 is 0 Å². The van der Waals surface area contributed by atoms with Crippen LogP contribution < -0.4 is 5.32 Å². The van der Waals surface area contributed by atoms with Crippen LogP contribution in [0.5, 0.6) is 0 Å². The molecule has 0 saturated carbocycles. The van der Waals surface area contributed by atoms with Gasteiger partial charge in [0.05, 0.1) is 11.5 Å². The highest BCUT2D eigenvalue weighted by Crippen LogP contribution is 2.12. The minimum atomic E-state index is -3.04. The zero-order valence-electron chi connectivity index (χ0n) is 11.0. The molecule has 2 N–H and O–H groups in total. The molecule has 1 fully saturated rings. The summed E-state index contributed by atoms with van der Waals surface area (Å²) in [6, 6.07) is -0.694. The summed E-state index contributed by atoms with van der Waals surface area (Å²) in [7, 11) is -1.48. The number of carbonyl (C=O) groups is 2. The van der Waals surface area contributed by atoms with E-state index in [4.69, 9.17) is 5.11 Å². The topological polar surface area (TPSA) is 104 Å². The number of carboxylic acids is 1. The lowest BCUT2D eigenvalue weighted by molar-refractivity contribution is -0.137. The van der Waals surface area contributed by atoms with Gasteiger partial charge in [0.15, 0.2) is 9.84 Å². The van der Waals surface area contributed by atoms with Gasteiger partial charge in [-0.2, -0.15) is 0 Å². The van der Waals surface area contributed by atoms with Gasteiger partial charge in [-0.05, 0) is 19.3 Å². The predicted molar refractivity (Wildman–Crippen MR) is 69.7 cm³/mol. The van der Waals surface area contributed by atoms with Crippen LogP contribution in [-0.4, -0.2) is 61.6 Å². The highest BCUT2D eigenvalue weighted by molar-refractivity contribution is 7.91. The Labute approximate surface area is 112 Å². The van der Waals surface area contributed by atoms with E-state index in [1.807, 2.05) is 0 Å². The Hall–Kier alpha value is -1.31. The quantitative estimate of drug-likeness (QED) is 0.746. The molecule has 1 saturated heterocycles. The number of carbonyl (C=O) groups excluding carboxylic acids is 1. The second-order valence-corrected chi connectivity index (χ2v) is 7.05. The van der Waals surface area contributed by atoms with Gasteiger partial charge in [0.25, 0.3) is 0 Å². The molecule has 0 aromatic carbocycles. The van der Waals surface area contributed by atoms with Crippen molar-refractivity contribution in [2.45, 2.75) is 31.7 Å². The second-order valence-electron chi connectivity index (χ2n) is 4.82. The van der Waals surface area contributed by atoms with Crippen molar-refractivity contribution in [3.8, 4) is 0 Å². The van der Waals surface area contributed by atoms with Crippen LogP contribution in [0, 0.1) is 0 Å². The van der Waals surface area contributed by atoms with Gasteiger partial charge in [-0.3, -0.25) is 4.79 Å². The number of sulfone groups is 1. The molecular weight excluding hydrogens is 272 g/mol. The zero-order valence-corrected chi connectivity index (χ0v) is 11.8. The number of nitrogens with one attached hydrogen (secondary N) is 1. The lowest BCUT2D eigenvalue weighted by Gasteiger charge is -2.26. The van der Waals surface area contributed by atoms with Crippen molar-refractivity contribution in [1.29, 1.82) is 0 Å². The van der Waals surface area contributed by atoms with Crippen molar-refractivity contribution in [2.75, 3.05) is 25.1 Å². The van der Waals surface area contributed by atoms with Crippen molar-refractivity contribution in [2.24, 2.45) is 0 Å². The van der Waals surface area contributed by atoms with Gasteiger partial charge < -0.3 is 15.3 Å². The fraction of sp³-hybridized carbons (Fsp3) is 0.818. The van der Waals surface area contributed by atoms with Crippen molar-refractivity contribution >= 4 is 21.8 Å². The Morgan fingerprint density at radius 3 is 2.68 bits per heavy atom. The predicted octanol–water partition coefficient (Wildman–Crippen LogP) is 0.0698. The Bertz CT molecular complexity index is 434. The third kappa shape index (κ3) is 5.91. The molecule has 0 spiro atoms. The molecule has 1 aliphatic heterocycles. The number of rotatable bonds is 5. The molecule has 1 aliphatic rings. The van der Waals surface area contributed by atoms with Gasteiger partial charge in [0, 0.05) is 26.1 Å². The molecule has 0 aromatic heterocycles. The summed E-state index contributed by atoms with van der Waals surface area (Å²) in [5, 5.41) is 11.2.